The molecular formula is C43H57BrN12. The van der Waals surface area contributed by atoms with Crippen LogP contribution in [0.4, 0.5) is 5.69 Å². The van der Waals surface area contributed by atoms with Crippen LogP contribution in [0.25, 0.3) is 22.1 Å². The van der Waals surface area contributed by atoms with Gasteiger partial charge in [0.05, 0.1) is 22.8 Å². The zero-order valence-corrected chi connectivity index (χ0v) is 34.1. The number of hydrogen-bond donors (Lipinski definition) is 3. The molecule has 2 saturated heterocycles. The first-order chi connectivity index (χ1) is 26.8. The van der Waals surface area contributed by atoms with Gasteiger partial charge in [0.15, 0.2) is 0 Å². The summed E-state index contributed by atoms with van der Waals surface area (Å²) in [5.74, 6) is 1.19. The molecule has 0 aromatic carbocycles. The number of fused-ring (bicyclic) bond motifs is 4. The number of aromatic nitrogens is 8. The van der Waals surface area contributed by atoms with Crippen molar-refractivity contribution in [2.24, 2.45) is 0 Å². The van der Waals surface area contributed by atoms with Crippen molar-refractivity contribution in [2.75, 3.05) is 45.2 Å². The summed E-state index contributed by atoms with van der Waals surface area (Å²) in [5, 5.41) is 5.85. The highest BCUT2D eigenvalue weighted by Gasteiger charge is 2.31. The maximum atomic E-state index is 4.77. The molecular weight excluding hydrogens is 764 g/mol. The Labute approximate surface area is 339 Å². The number of nitrogens with one attached hydrogen (secondary N) is 3. The average Bonchev–Trinajstić information content (AvgIpc) is 3.90. The van der Waals surface area contributed by atoms with Crippen molar-refractivity contribution < 1.29 is 0 Å². The Morgan fingerprint density at radius 1 is 0.661 bits per heavy atom. The number of halogens is 1. The van der Waals surface area contributed by atoms with Crippen molar-refractivity contribution in [2.45, 2.75) is 96.8 Å². The van der Waals surface area contributed by atoms with Gasteiger partial charge in [0.2, 0.25) is 0 Å². The number of hydrogen-bond acceptors (Lipinski definition) is 10. The second-order valence-corrected chi connectivity index (χ2v) is 16.6. The van der Waals surface area contributed by atoms with Gasteiger partial charge in [-0.05, 0) is 120 Å². The van der Waals surface area contributed by atoms with E-state index in [-0.39, 0.29) is 7.43 Å². The maximum absolute atomic E-state index is 4.77. The fourth-order valence-corrected chi connectivity index (χ4v) is 9.15. The van der Waals surface area contributed by atoms with Gasteiger partial charge in [0, 0.05) is 107 Å². The van der Waals surface area contributed by atoms with Crippen LogP contribution in [0.2, 0.25) is 0 Å². The first-order valence-corrected chi connectivity index (χ1v) is 20.6. The Kier molecular flexibility index (Phi) is 12.7. The Hall–Kier alpha value is -4.30. The monoisotopic (exact) mass is 820 g/mol. The van der Waals surface area contributed by atoms with Crippen LogP contribution in [0.15, 0.2) is 66.2 Å². The van der Waals surface area contributed by atoms with Crippen LogP contribution in [0.5, 0.6) is 0 Å². The van der Waals surface area contributed by atoms with Gasteiger partial charge in [0.25, 0.3) is 0 Å². The van der Waals surface area contributed by atoms with E-state index in [0.29, 0.717) is 23.9 Å². The molecule has 2 unspecified atom stereocenters. The maximum Gasteiger partial charge on any atom is 0.139 e. The zero-order chi connectivity index (χ0) is 37.9. The van der Waals surface area contributed by atoms with E-state index in [4.69, 9.17) is 4.98 Å². The fourth-order valence-electron chi connectivity index (χ4n) is 8.71. The zero-order valence-electron chi connectivity index (χ0n) is 32.5. The highest BCUT2D eigenvalue weighted by atomic mass is 79.9. The molecule has 0 amide bonds. The summed E-state index contributed by atoms with van der Waals surface area (Å²) in [4.78, 5) is 40.6. The summed E-state index contributed by atoms with van der Waals surface area (Å²) >= 11 is 3.42. The highest BCUT2D eigenvalue weighted by molar-refractivity contribution is 9.10. The topological polar surface area (TPSA) is 131 Å². The molecule has 0 aliphatic carbocycles. The Morgan fingerprint density at radius 2 is 1.21 bits per heavy atom. The van der Waals surface area contributed by atoms with Crippen molar-refractivity contribution in [1.29, 1.82) is 0 Å². The van der Waals surface area contributed by atoms with E-state index in [1.54, 1.807) is 18.9 Å². The van der Waals surface area contributed by atoms with Crippen molar-refractivity contribution in [1.82, 2.24) is 55.0 Å². The standard InChI is InChI=1S/C21H26N6.C14H22N4.C7H5BrN2.CH4/c1-14-11-18-17(20(25-13-24-18)15-5-9-26(2)10-6-15)12-27(14)19-4-8-23-21-16(19)3-7-22-21;1-10-7-13-12(8-15-10)14(17-9-16-13)11-3-5-18(2)6-4-11;8-6-2-4-10-7-5(6)1-3-9-7;/h3-4,7-8,13-15H,5-6,9-12H2,1-2H3,(H,22,23);9-11,15H,3-8H2,1-2H3;1-4H,(H,9,10);1H4. The highest BCUT2D eigenvalue weighted by Crippen LogP contribution is 2.37. The first-order valence-electron chi connectivity index (χ1n) is 19.8. The summed E-state index contributed by atoms with van der Waals surface area (Å²) in [6.07, 6.45) is 17.9. The van der Waals surface area contributed by atoms with Gasteiger partial charge < -0.3 is 30.0 Å². The van der Waals surface area contributed by atoms with E-state index in [0.717, 1.165) is 60.2 Å². The summed E-state index contributed by atoms with van der Waals surface area (Å²) in [7, 11) is 4.41. The summed E-state index contributed by atoms with van der Waals surface area (Å²) in [6.45, 7) is 11.0. The molecule has 3 N–H and O–H groups in total. The smallest absolute Gasteiger partial charge is 0.139 e. The number of aromatic amines is 2. The number of nitrogens with zero attached hydrogens (tertiary/aromatic N) is 9. The molecule has 10 rings (SSSR count). The molecule has 2 fully saturated rings. The predicted molar refractivity (Wildman–Crippen MR) is 229 cm³/mol. The fraction of sp³-hybridized carbons (Fsp3) is 0.488. The molecule has 296 valence electrons. The van der Waals surface area contributed by atoms with Gasteiger partial charge in [-0.2, -0.15) is 0 Å². The minimum atomic E-state index is 0. The Bertz CT molecular complexity index is 2200. The van der Waals surface area contributed by atoms with Gasteiger partial charge in [0.1, 0.15) is 23.9 Å². The third-order valence-electron chi connectivity index (χ3n) is 12.0. The van der Waals surface area contributed by atoms with Gasteiger partial charge in [-0.3, -0.25) is 0 Å². The summed E-state index contributed by atoms with van der Waals surface area (Å²) in [5.41, 5.74) is 11.0. The molecule has 0 spiro atoms. The van der Waals surface area contributed by atoms with Crippen LogP contribution in [0.1, 0.15) is 92.7 Å². The molecule has 6 aromatic heterocycles. The van der Waals surface area contributed by atoms with E-state index in [9.17, 15) is 0 Å². The minimum Gasteiger partial charge on any atom is -0.363 e. The van der Waals surface area contributed by atoms with E-state index in [1.165, 1.54) is 83.7 Å². The Morgan fingerprint density at radius 3 is 1.84 bits per heavy atom. The molecule has 13 heteroatoms. The number of H-pyrrole nitrogens is 2. The second-order valence-electron chi connectivity index (χ2n) is 15.8. The lowest BCUT2D eigenvalue weighted by Crippen LogP contribution is -2.40. The summed E-state index contributed by atoms with van der Waals surface area (Å²) < 4.78 is 1.08. The average molecular weight is 822 g/mol. The van der Waals surface area contributed by atoms with Crippen LogP contribution >= 0.6 is 15.9 Å². The molecule has 4 aliphatic rings. The molecule has 10 heterocycles. The molecule has 0 radical (unpaired) electrons. The lowest BCUT2D eigenvalue weighted by Gasteiger charge is -2.38. The molecule has 0 bridgehead atoms. The third kappa shape index (κ3) is 8.66. The molecule has 2 atom stereocenters. The first kappa shape index (κ1) is 39.9. The van der Waals surface area contributed by atoms with Crippen LogP contribution < -0.4 is 10.2 Å². The largest absolute Gasteiger partial charge is 0.363 e. The molecule has 0 saturated carbocycles. The predicted octanol–water partition coefficient (Wildman–Crippen LogP) is 7.39. The van der Waals surface area contributed by atoms with Crippen LogP contribution in [0.3, 0.4) is 0 Å². The van der Waals surface area contributed by atoms with E-state index in [2.05, 4.69) is 111 Å². The van der Waals surface area contributed by atoms with Gasteiger partial charge >= 0.3 is 0 Å². The van der Waals surface area contributed by atoms with E-state index >= 15 is 0 Å². The van der Waals surface area contributed by atoms with Gasteiger partial charge in [-0.15, -0.1) is 0 Å². The molecule has 4 aliphatic heterocycles. The SMILES string of the molecule is Brc1ccnc2[nH]ccc12.C.CC1Cc2ncnc(C3CCN(C)CC3)c2CN1.CC1Cc2ncnc(C3CCN(C)CC3)c2CN1c1ccnc2[nH]ccc12. The van der Waals surface area contributed by atoms with Crippen molar-refractivity contribution in [3.05, 3.63) is 100 Å². The Balaban J connectivity index is 0.000000142. The number of likely N-dealkylation sites (tertiary alicyclic amines) is 2. The lowest BCUT2D eigenvalue weighted by molar-refractivity contribution is 0.252. The van der Waals surface area contributed by atoms with Crippen LogP contribution in [-0.4, -0.2) is 102 Å². The van der Waals surface area contributed by atoms with Crippen LogP contribution in [-0.2, 0) is 25.9 Å². The second kappa shape index (κ2) is 17.9. The third-order valence-corrected chi connectivity index (χ3v) is 12.7. The van der Waals surface area contributed by atoms with Gasteiger partial charge in [-0.25, -0.2) is 29.9 Å². The number of pyridine rings is 2. The molecule has 12 nitrogen and oxygen atoms in total. The van der Waals surface area contributed by atoms with Crippen molar-refractivity contribution in [3.63, 3.8) is 0 Å². The number of anilines is 1. The summed E-state index contributed by atoms with van der Waals surface area (Å²) in [6, 6.07) is 9.12. The molecule has 56 heavy (non-hydrogen) atoms. The number of rotatable bonds is 3. The van der Waals surface area contributed by atoms with Crippen molar-refractivity contribution in [3.8, 4) is 0 Å². The van der Waals surface area contributed by atoms with Gasteiger partial charge in [-0.1, -0.05) is 7.43 Å². The quantitative estimate of drug-likeness (QED) is 0.166. The normalized spacial score (nSPS) is 20.6. The number of piperidine rings is 2. The molecule has 6 aromatic rings. The van der Waals surface area contributed by atoms with E-state index < -0.39 is 0 Å². The minimum absolute atomic E-state index is 0. The lowest BCUT2D eigenvalue weighted by atomic mass is 9.87. The van der Waals surface area contributed by atoms with Crippen LogP contribution in [0, 0.1) is 0 Å². The van der Waals surface area contributed by atoms with E-state index in [1.807, 2.05) is 30.7 Å². The van der Waals surface area contributed by atoms with Crippen molar-refractivity contribution >= 4 is 43.7 Å².